The van der Waals surface area contributed by atoms with Crippen molar-refractivity contribution in [1.29, 1.82) is 5.26 Å². The van der Waals surface area contributed by atoms with Gasteiger partial charge in [0.05, 0.1) is 19.1 Å². The Morgan fingerprint density at radius 3 is 2.56 bits per heavy atom. The molecule has 1 aliphatic rings. The van der Waals surface area contributed by atoms with Crippen molar-refractivity contribution in [2.45, 2.75) is 37.8 Å². The van der Waals surface area contributed by atoms with Crippen LogP contribution < -0.4 is 0 Å². The maximum Gasteiger partial charge on any atom is 0.0641 e. The van der Waals surface area contributed by atoms with Crippen molar-refractivity contribution in [3.05, 3.63) is 35.9 Å². The fourth-order valence-corrected chi connectivity index (χ4v) is 2.61. The minimum atomic E-state index is 0.119. The molecule has 2 rings (SSSR count). The molecule has 0 saturated heterocycles. The van der Waals surface area contributed by atoms with Crippen LogP contribution in [0.1, 0.15) is 37.3 Å². The Morgan fingerprint density at radius 2 is 2.06 bits per heavy atom. The van der Waals surface area contributed by atoms with Gasteiger partial charge < -0.3 is 5.11 Å². The largest absolute Gasteiger partial charge is 0.395 e. The van der Waals surface area contributed by atoms with E-state index < -0.39 is 0 Å². The highest BCUT2D eigenvalue weighted by molar-refractivity contribution is 5.20. The third-order valence-electron chi connectivity index (χ3n) is 3.77. The van der Waals surface area contributed by atoms with Crippen molar-refractivity contribution in [2.75, 3.05) is 13.2 Å². The summed E-state index contributed by atoms with van der Waals surface area (Å²) in [4.78, 5) is 2.31. The summed E-state index contributed by atoms with van der Waals surface area (Å²) in [5.74, 6) is 0. The number of aliphatic hydroxyl groups is 1. The zero-order valence-electron chi connectivity index (χ0n) is 10.6. The predicted molar refractivity (Wildman–Crippen MR) is 70.8 cm³/mol. The molecule has 0 aromatic heterocycles. The van der Waals surface area contributed by atoms with Gasteiger partial charge in [-0.2, -0.15) is 5.26 Å². The molecule has 0 spiro atoms. The van der Waals surface area contributed by atoms with Crippen LogP contribution >= 0.6 is 0 Å². The monoisotopic (exact) mass is 244 g/mol. The predicted octanol–water partition coefficient (Wildman–Crippen LogP) is 2.49. The lowest BCUT2D eigenvalue weighted by molar-refractivity contribution is 0.0607. The van der Waals surface area contributed by atoms with Crippen LogP contribution in [0.3, 0.4) is 0 Å². The van der Waals surface area contributed by atoms with E-state index in [0.29, 0.717) is 19.0 Å². The van der Waals surface area contributed by atoms with Crippen molar-refractivity contribution in [3.8, 4) is 6.07 Å². The molecule has 3 nitrogen and oxygen atoms in total. The van der Waals surface area contributed by atoms with E-state index in [0.717, 1.165) is 0 Å². The van der Waals surface area contributed by atoms with E-state index in [2.05, 4.69) is 23.1 Å². The van der Waals surface area contributed by atoms with Gasteiger partial charge in [-0.15, -0.1) is 0 Å². The Hall–Kier alpha value is -1.37. The second-order valence-corrected chi connectivity index (χ2v) is 4.83. The lowest BCUT2D eigenvalue weighted by Gasteiger charge is -2.42. The number of benzene rings is 1. The number of aliphatic hydroxyl groups excluding tert-OH is 1. The molecule has 96 valence electrons. The van der Waals surface area contributed by atoms with Crippen LogP contribution in [0, 0.1) is 11.3 Å². The second-order valence-electron chi connectivity index (χ2n) is 4.83. The van der Waals surface area contributed by atoms with Gasteiger partial charge in [-0.25, -0.2) is 0 Å². The fourth-order valence-electron chi connectivity index (χ4n) is 2.61. The maximum atomic E-state index is 9.24. The number of nitrogens with zero attached hydrogens (tertiary/aromatic N) is 2. The Balaban J connectivity index is 2.18. The summed E-state index contributed by atoms with van der Waals surface area (Å²) >= 11 is 0. The molecule has 1 saturated carbocycles. The first kappa shape index (κ1) is 13.1. The summed E-state index contributed by atoms with van der Waals surface area (Å²) in [7, 11) is 0. The molecule has 0 aliphatic heterocycles. The van der Waals surface area contributed by atoms with Crippen LogP contribution in [-0.4, -0.2) is 29.2 Å². The highest BCUT2D eigenvalue weighted by Gasteiger charge is 2.30. The van der Waals surface area contributed by atoms with Gasteiger partial charge in [0.2, 0.25) is 0 Å². The molecule has 1 unspecified atom stereocenters. The molecule has 1 N–H and O–H groups in total. The van der Waals surface area contributed by atoms with E-state index in [1.807, 2.05) is 18.2 Å². The van der Waals surface area contributed by atoms with Crippen LogP contribution in [0.5, 0.6) is 0 Å². The van der Waals surface area contributed by atoms with Crippen molar-refractivity contribution in [1.82, 2.24) is 4.90 Å². The van der Waals surface area contributed by atoms with E-state index in [1.54, 1.807) is 0 Å². The Labute approximate surface area is 109 Å². The van der Waals surface area contributed by atoms with Gasteiger partial charge in [-0.3, -0.25) is 4.90 Å². The standard InChI is InChI=1S/C15H20N2O/c16-10-9-15(13-5-2-1-3-6-13)17(11-12-18)14-7-4-8-14/h1-3,5-6,14-15,18H,4,7-9,11-12H2. The molecule has 1 fully saturated rings. The minimum Gasteiger partial charge on any atom is -0.395 e. The highest BCUT2D eigenvalue weighted by atomic mass is 16.3. The smallest absolute Gasteiger partial charge is 0.0641 e. The summed E-state index contributed by atoms with van der Waals surface area (Å²) in [6.45, 7) is 0.817. The molecule has 1 atom stereocenters. The number of rotatable bonds is 6. The lowest BCUT2D eigenvalue weighted by Crippen LogP contribution is -2.44. The van der Waals surface area contributed by atoms with E-state index in [4.69, 9.17) is 5.26 Å². The maximum absolute atomic E-state index is 9.24. The minimum absolute atomic E-state index is 0.119. The fraction of sp³-hybridized carbons (Fsp3) is 0.533. The zero-order chi connectivity index (χ0) is 12.8. The number of nitriles is 1. The Morgan fingerprint density at radius 1 is 1.33 bits per heavy atom. The Kier molecular flexibility index (Phi) is 4.74. The van der Waals surface area contributed by atoms with Gasteiger partial charge >= 0.3 is 0 Å². The summed E-state index contributed by atoms with van der Waals surface area (Å²) < 4.78 is 0. The average molecular weight is 244 g/mol. The van der Waals surface area contributed by atoms with Crippen LogP contribution in [0.4, 0.5) is 0 Å². The van der Waals surface area contributed by atoms with E-state index >= 15 is 0 Å². The quantitative estimate of drug-likeness (QED) is 0.836. The van der Waals surface area contributed by atoms with Crippen LogP contribution in [0.25, 0.3) is 0 Å². The SMILES string of the molecule is N#CCC(c1ccccc1)N(CCO)C1CCC1. The van der Waals surface area contributed by atoms with Gasteiger partial charge in [0.1, 0.15) is 0 Å². The van der Waals surface area contributed by atoms with E-state index in [1.165, 1.54) is 24.8 Å². The summed E-state index contributed by atoms with van der Waals surface area (Å²) in [5.41, 5.74) is 1.18. The molecule has 0 radical (unpaired) electrons. The van der Waals surface area contributed by atoms with Gasteiger partial charge in [0.15, 0.2) is 0 Å². The van der Waals surface area contributed by atoms with Crippen LogP contribution in [0.2, 0.25) is 0 Å². The molecular formula is C15H20N2O. The molecule has 18 heavy (non-hydrogen) atoms. The topological polar surface area (TPSA) is 47.3 Å². The lowest BCUT2D eigenvalue weighted by atomic mass is 9.88. The summed E-state index contributed by atoms with van der Waals surface area (Å²) in [6.07, 6.45) is 4.13. The van der Waals surface area contributed by atoms with Gasteiger partial charge in [-0.1, -0.05) is 36.8 Å². The van der Waals surface area contributed by atoms with Gasteiger partial charge in [-0.05, 0) is 18.4 Å². The van der Waals surface area contributed by atoms with Crippen molar-refractivity contribution < 1.29 is 5.11 Å². The molecule has 1 aromatic carbocycles. The number of hydrogen-bond acceptors (Lipinski definition) is 3. The van der Waals surface area contributed by atoms with Gasteiger partial charge in [0.25, 0.3) is 0 Å². The molecule has 0 amide bonds. The van der Waals surface area contributed by atoms with Crippen molar-refractivity contribution in [2.24, 2.45) is 0 Å². The second kappa shape index (κ2) is 6.53. The molecular weight excluding hydrogens is 224 g/mol. The first-order chi connectivity index (χ1) is 8.86. The molecule has 1 aliphatic carbocycles. The summed E-state index contributed by atoms with van der Waals surface area (Å²) in [5, 5.41) is 18.3. The highest BCUT2D eigenvalue weighted by Crippen LogP contribution is 2.33. The third kappa shape index (κ3) is 2.90. The zero-order valence-corrected chi connectivity index (χ0v) is 10.6. The van der Waals surface area contributed by atoms with Gasteiger partial charge in [0, 0.05) is 18.6 Å². The van der Waals surface area contributed by atoms with Crippen LogP contribution in [0.15, 0.2) is 30.3 Å². The van der Waals surface area contributed by atoms with E-state index in [-0.39, 0.29) is 12.6 Å². The van der Waals surface area contributed by atoms with Crippen molar-refractivity contribution in [3.63, 3.8) is 0 Å². The molecule has 0 bridgehead atoms. The molecule has 3 heteroatoms. The molecule has 1 aromatic rings. The first-order valence-electron chi connectivity index (χ1n) is 6.65. The first-order valence-corrected chi connectivity index (χ1v) is 6.65. The average Bonchev–Trinajstić information content (AvgIpc) is 2.34. The number of hydrogen-bond donors (Lipinski definition) is 1. The molecule has 0 heterocycles. The van der Waals surface area contributed by atoms with E-state index in [9.17, 15) is 5.11 Å². The third-order valence-corrected chi connectivity index (χ3v) is 3.77. The normalized spacial score (nSPS) is 17.2. The Bertz CT molecular complexity index is 395. The van der Waals surface area contributed by atoms with Crippen LogP contribution in [-0.2, 0) is 0 Å². The summed E-state index contributed by atoms with van der Waals surface area (Å²) in [6, 6.07) is 13.1. The van der Waals surface area contributed by atoms with Crippen molar-refractivity contribution >= 4 is 0 Å².